The van der Waals surface area contributed by atoms with E-state index in [0.717, 1.165) is 32.2 Å². The van der Waals surface area contributed by atoms with Crippen molar-refractivity contribution in [2.75, 3.05) is 25.4 Å². The molecule has 182 valence electrons. The summed E-state index contributed by atoms with van der Waals surface area (Å²) in [6.07, 6.45) is 28.0. The maximum Gasteiger partial charge on any atom is 0.0726 e. The van der Waals surface area contributed by atoms with Crippen molar-refractivity contribution in [3.63, 3.8) is 0 Å². The van der Waals surface area contributed by atoms with Gasteiger partial charge in [0.25, 0.3) is 0 Å². The summed E-state index contributed by atoms with van der Waals surface area (Å²) in [6, 6.07) is 0. The van der Waals surface area contributed by atoms with Crippen LogP contribution in [0.5, 0.6) is 0 Å². The molecular weight excluding hydrogens is 414 g/mol. The van der Waals surface area contributed by atoms with Gasteiger partial charge in [-0.1, -0.05) is 86.8 Å². The second-order valence-corrected chi connectivity index (χ2v) is 8.66. The van der Waals surface area contributed by atoms with E-state index in [1.807, 2.05) is 39.8 Å². The van der Waals surface area contributed by atoms with Crippen LogP contribution in [0.25, 0.3) is 0 Å². The smallest absolute Gasteiger partial charge is 0.0726 e. The summed E-state index contributed by atoms with van der Waals surface area (Å²) < 4.78 is 0. The normalized spacial score (nSPS) is 17.2. The number of thiol groups is 1. The molecule has 0 fully saturated rings. The van der Waals surface area contributed by atoms with Gasteiger partial charge in [-0.3, -0.25) is 4.90 Å². The molecule has 0 radical (unpaired) electrons. The van der Waals surface area contributed by atoms with Gasteiger partial charge < -0.3 is 10.2 Å². The van der Waals surface area contributed by atoms with Crippen molar-refractivity contribution in [1.82, 2.24) is 4.90 Å². The van der Waals surface area contributed by atoms with Crippen LogP contribution in [0.15, 0.2) is 72.9 Å². The van der Waals surface area contributed by atoms with Crippen molar-refractivity contribution in [2.45, 2.75) is 65.6 Å². The SMILES string of the molecule is C/C=C\C/C=C\C/C=C\C(C)C(O)CN(CCS)CC(O)C(C)/C=C\C/C=C\C/C=C\C. The Morgan fingerprint density at radius 3 is 1.38 bits per heavy atom. The van der Waals surface area contributed by atoms with Gasteiger partial charge in [0.05, 0.1) is 12.2 Å². The molecule has 0 heterocycles. The number of aliphatic hydroxyl groups is 2. The van der Waals surface area contributed by atoms with Gasteiger partial charge in [0.1, 0.15) is 0 Å². The lowest BCUT2D eigenvalue weighted by molar-refractivity contribution is 0.0462. The number of aliphatic hydroxyl groups excluding tert-OH is 2. The van der Waals surface area contributed by atoms with Crippen LogP contribution in [0.1, 0.15) is 53.4 Å². The molecule has 0 aliphatic heterocycles. The second kappa shape index (κ2) is 21.5. The Bertz CT molecular complexity index is 557. The molecule has 3 nitrogen and oxygen atoms in total. The minimum Gasteiger partial charge on any atom is -0.391 e. The third-order valence-corrected chi connectivity index (χ3v) is 5.49. The van der Waals surface area contributed by atoms with Crippen molar-refractivity contribution < 1.29 is 10.2 Å². The molecule has 4 heteroatoms. The van der Waals surface area contributed by atoms with Gasteiger partial charge in [0, 0.05) is 37.2 Å². The van der Waals surface area contributed by atoms with Crippen LogP contribution in [-0.4, -0.2) is 52.7 Å². The molecule has 0 rings (SSSR count). The van der Waals surface area contributed by atoms with Crippen molar-refractivity contribution >= 4 is 12.6 Å². The van der Waals surface area contributed by atoms with Crippen molar-refractivity contribution in [1.29, 1.82) is 0 Å². The summed E-state index contributed by atoms with van der Waals surface area (Å²) in [5, 5.41) is 21.3. The lowest BCUT2D eigenvalue weighted by Gasteiger charge is -2.29. The molecule has 32 heavy (non-hydrogen) atoms. The van der Waals surface area contributed by atoms with Crippen LogP contribution >= 0.6 is 12.6 Å². The van der Waals surface area contributed by atoms with Gasteiger partial charge in [-0.15, -0.1) is 0 Å². The van der Waals surface area contributed by atoms with Gasteiger partial charge in [-0.05, 0) is 39.5 Å². The summed E-state index contributed by atoms with van der Waals surface area (Å²) in [6.45, 7) is 9.93. The zero-order valence-electron chi connectivity index (χ0n) is 20.7. The number of allylic oxidation sites excluding steroid dienone is 10. The molecular formula is C28H47NO2S. The van der Waals surface area contributed by atoms with Crippen LogP contribution in [-0.2, 0) is 0 Å². The van der Waals surface area contributed by atoms with Crippen LogP contribution in [0.2, 0.25) is 0 Å². The Morgan fingerprint density at radius 2 is 1.03 bits per heavy atom. The highest BCUT2D eigenvalue weighted by atomic mass is 32.1. The average molecular weight is 462 g/mol. The van der Waals surface area contributed by atoms with Gasteiger partial charge in [0.2, 0.25) is 0 Å². The fraction of sp³-hybridized carbons (Fsp3) is 0.571. The molecule has 0 aromatic rings. The van der Waals surface area contributed by atoms with Gasteiger partial charge in [-0.2, -0.15) is 12.6 Å². The number of hydrogen-bond donors (Lipinski definition) is 3. The van der Waals surface area contributed by atoms with Crippen LogP contribution in [0.4, 0.5) is 0 Å². The molecule has 0 aromatic heterocycles. The van der Waals surface area contributed by atoms with E-state index in [9.17, 15) is 10.2 Å². The van der Waals surface area contributed by atoms with E-state index in [-0.39, 0.29) is 11.8 Å². The molecule has 0 aliphatic carbocycles. The van der Waals surface area contributed by atoms with E-state index >= 15 is 0 Å². The molecule has 0 saturated heterocycles. The summed E-state index contributed by atoms with van der Waals surface area (Å²) in [5.41, 5.74) is 0. The first kappa shape index (κ1) is 30.7. The van der Waals surface area contributed by atoms with E-state index in [2.05, 4.69) is 78.3 Å². The summed E-state index contributed by atoms with van der Waals surface area (Å²) in [4.78, 5) is 2.12. The first-order chi connectivity index (χ1) is 15.5. The number of hydrogen-bond acceptors (Lipinski definition) is 4. The zero-order chi connectivity index (χ0) is 24.0. The second-order valence-electron chi connectivity index (χ2n) is 8.22. The Morgan fingerprint density at radius 1 is 0.656 bits per heavy atom. The van der Waals surface area contributed by atoms with Crippen molar-refractivity contribution in [3.05, 3.63) is 72.9 Å². The first-order valence-electron chi connectivity index (χ1n) is 12.0. The first-order valence-corrected chi connectivity index (χ1v) is 12.6. The monoisotopic (exact) mass is 461 g/mol. The highest BCUT2D eigenvalue weighted by Crippen LogP contribution is 2.12. The van der Waals surface area contributed by atoms with Crippen LogP contribution in [0.3, 0.4) is 0 Å². The largest absolute Gasteiger partial charge is 0.391 e. The van der Waals surface area contributed by atoms with Crippen LogP contribution < -0.4 is 0 Å². The van der Waals surface area contributed by atoms with Gasteiger partial charge >= 0.3 is 0 Å². The molecule has 0 saturated carbocycles. The highest BCUT2D eigenvalue weighted by Gasteiger charge is 2.20. The lowest BCUT2D eigenvalue weighted by atomic mass is 10.0. The predicted octanol–water partition coefficient (Wildman–Crippen LogP) is 6.15. The third kappa shape index (κ3) is 17.3. The molecule has 4 unspecified atom stereocenters. The van der Waals surface area contributed by atoms with Gasteiger partial charge in [0.15, 0.2) is 0 Å². The fourth-order valence-electron chi connectivity index (χ4n) is 3.07. The van der Waals surface area contributed by atoms with Crippen molar-refractivity contribution in [2.24, 2.45) is 11.8 Å². The van der Waals surface area contributed by atoms with Crippen LogP contribution in [0, 0.1) is 11.8 Å². The maximum atomic E-state index is 10.6. The minimum absolute atomic E-state index is 0.0603. The molecule has 4 atom stereocenters. The van der Waals surface area contributed by atoms with E-state index in [0.29, 0.717) is 18.8 Å². The molecule has 0 bridgehead atoms. The Balaban J connectivity index is 4.51. The molecule has 0 aliphatic rings. The molecule has 0 spiro atoms. The fourth-order valence-corrected chi connectivity index (χ4v) is 3.36. The summed E-state index contributed by atoms with van der Waals surface area (Å²) >= 11 is 4.36. The standard InChI is InChI=1S/C28H47NO2S/c1-5-7-9-11-13-15-17-19-25(3)27(30)23-29(21-22-32)24-28(31)26(4)20-18-16-14-12-10-8-6-2/h5-8,11-14,17-20,25-28,30-32H,9-10,15-16,21-24H2,1-4H3/b7-5-,8-6-,13-11-,14-12-,19-17-,20-18-. The van der Waals surface area contributed by atoms with E-state index in [4.69, 9.17) is 0 Å². The molecule has 0 amide bonds. The minimum atomic E-state index is -0.474. The molecule has 0 aromatic carbocycles. The predicted molar refractivity (Wildman–Crippen MR) is 145 cm³/mol. The number of rotatable bonds is 18. The lowest BCUT2D eigenvalue weighted by Crippen LogP contribution is -2.42. The molecule has 2 N–H and O–H groups in total. The third-order valence-electron chi connectivity index (χ3n) is 5.29. The van der Waals surface area contributed by atoms with E-state index in [1.165, 1.54) is 0 Å². The maximum absolute atomic E-state index is 10.6. The highest BCUT2D eigenvalue weighted by molar-refractivity contribution is 7.80. The van der Waals surface area contributed by atoms with E-state index < -0.39 is 12.2 Å². The number of nitrogens with zero attached hydrogens (tertiary/aromatic N) is 1. The summed E-state index contributed by atoms with van der Waals surface area (Å²) in [7, 11) is 0. The Labute approximate surface area is 203 Å². The average Bonchev–Trinajstić information content (AvgIpc) is 2.77. The Kier molecular flexibility index (Phi) is 20.6. The van der Waals surface area contributed by atoms with Crippen molar-refractivity contribution in [3.8, 4) is 0 Å². The van der Waals surface area contributed by atoms with E-state index in [1.54, 1.807) is 0 Å². The summed E-state index contributed by atoms with van der Waals surface area (Å²) in [5.74, 6) is 0.817. The zero-order valence-corrected chi connectivity index (χ0v) is 21.6. The van der Waals surface area contributed by atoms with Gasteiger partial charge in [-0.25, -0.2) is 0 Å². The quantitative estimate of drug-likeness (QED) is 0.169. The topological polar surface area (TPSA) is 43.7 Å². The Hall–Kier alpha value is -1.33.